The predicted molar refractivity (Wildman–Crippen MR) is 93.7 cm³/mol. The van der Waals surface area contributed by atoms with Gasteiger partial charge in [0.15, 0.2) is 0 Å². The van der Waals surface area contributed by atoms with E-state index in [-0.39, 0.29) is 24.2 Å². The van der Waals surface area contributed by atoms with Crippen LogP contribution >= 0.6 is 11.6 Å². The number of hydrogen-bond donors (Lipinski definition) is 1. The van der Waals surface area contributed by atoms with Gasteiger partial charge < -0.3 is 5.32 Å². The van der Waals surface area contributed by atoms with Gasteiger partial charge >= 0.3 is 6.18 Å². The molecule has 0 saturated carbocycles. The van der Waals surface area contributed by atoms with Crippen molar-refractivity contribution in [3.8, 4) is 0 Å². The first kappa shape index (κ1) is 19.0. The van der Waals surface area contributed by atoms with Gasteiger partial charge in [0.1, 0.15) is 4.90 Å². The number of sulfonamides is 1. The van der Waals surface area contributed by atoms with Crippen molar-refractivity contribution < 1.29 is 21.6 Å². The molecule has 1 fully saturated rings. The summed E-state index contributed by atoms with van der Waals surface area (Å²) in [6, 6.07) is 11.5. The number of halogens is 4. The highest BCUT2D eigenvalue weighted by atomic mass is 35.5. The summed E-state index contributed by atoms with van der Waals surface area (Å²) in [6.07, 6.45) is -4.10. The Morgan fingerprint density at radius 2 is 1.81 bits per heavy atom. The highest BCUT2D eigenvalue weighted by Crippen LogP contribution is 2.35. The van der Waals surface area contributed by atoms with E-state index in [0.29, 0.717) is 12.5 Å². The number of para-hydroxylation sites is 1. The monoisotopic (exact) mass is 404 g/mol. The van der Waals surface area contributed by atoms with Gasteiger partial charge in [0.25, 0.3) is 0 Å². The van der Waals surface area contributed by atoms with Gasteiger partial charge in [-0.15, -0.1) is 0 Å². The molecule has 1 N–H and O–H groups in total. The molecule has 140 valence electrons. The zero-order valence-electron chi connectivity index (χ0n) is 13.5. The van der Waals surface area contributed by atoms with Gasteiger partial charge in [0.05, 0.1) is 10.6 Å². The summed E-state index contributed by atoms with van der Waals surface area (Å²) in [5.41, 5.74) is -0.188. The molecule has 1 aliphatic heterocycles. The highest BCUT2D eigenvalue weighted by molar-refractivity contribution is 7.89. The quantitative estimate of drug-likeness (QED) is 0.829. The second-order valence-electron chi connectivity index (χ2n) is 6.00. The first-order valence-corrected chi connectivity index (χ1v) is 9.68. The lowest BCUT2D eigenvalue weighted by molar-refractivity contribution is -0.137. The van der Waals surface area contributed by atoms with Gasteiger partial charge in [0, 0.05) is 24.8 Å². The number of hydrogen-bond acceptors (Lipinski definition) is 3. The summed E-state index contributed by atoms with van der Waals surface area (Å²) < 4.78 is 65.4. The second-order valence-corrected chi connectivity index (χ2v) is 8.32. The number of nitrogens with one attached hydrogen (secondary N) is 1. The van der Waals surface area contributed by atoms with Crippen LogP contribution in [0.3, 0.4) is 0 Å². The van der Waals surface area contributed by atoms with E-state index < -0.39 is 26.7 Å². The third-order valence-corrected chi connectivity index (χ3v) is 6.52. The minimum absolute atomic E-state index is 0.128. The molecule has 1 unspecified atom stereocenters. The summed E-state index contributed by atoms with van der Waals surface area (Å²) in [4.78, 5) is -0.519. The fraction of sp³-hybridized carbons (Fsp3) is 0.294. The maximum atomic E-state index is 12.9. The number of anilines is 1. The lowest BCUT2D eigenvalue weighted by Crippen LogP contribution is -2.32. The first-order valence-electron chi connectivity index (χ1n) is 7.86. The van der Waals surface area contributed by atoms with Crippen molar-refractivity contribution in [1.82, 2.24) is 4.31 Å². The summed E-state index contributed by atoms with van der Waals surface area (Å²) in [6.45, 7) is 0.364. The lowest BCUT2D eigenvalue weighted by Gasteiger charge is -2.19. The van der Waals surface area contributed by atoms with Gasteiger partial charge in [-0.1, -0.05) is 29.8 Å². The molecule has 26 heavy (non-hydrogen) atoms. The van der Waals surface area contributed by atoms with Crippen molar-refractivity contribution >= 4 is 27.3 Å². The average molecular weight is 405 g/mol. The van der Waals surface area contributed by atoms with E-state index in [1.165, 1.54) is 0 Å². The molecule has 0 aromatic heterocycles. The summed E-state index contributed by atoms with van der Waals surface area (Å²) in [7, 11) is -4.12. The normalized spacial score (nSPS) is 18.8. The second kappa shape index (κ2) is 7.09. The molecule has 0 spiro atoms. The molecule has 0 aliphatic carbocycles. The fourth-order valence-corrected chi connectivity index (χ4v) is 4.85. The summed E-state index contributed by atoms with van der Waals surface area (Å²) in [5.74, 6) is 0. The Labute approximate surface area is 154 Å². The van der Waals surface area contributed by atoms with Crippen LogP contribution < -0.4 is 5.32 Å². The van der Waals surface area contributed by atoms with E-state index in [1.807, 2.05) is 30.3 Å². The molecule has 0 radical (unpaired) electrons. The van der Waals surface area contributed by atoms with Crippen molar-refractivity contribution in [3.05, 3.63) is 59.1 Å². The van der Waals surface area contributed by atoms with Crippen molar-refractivity contribution in [2.75, 3.05) is 18.4 Å². The molecule has 9 heteroatoms. The van der Waals surface area contributed by atoms with Gasteiger partial charge in [-0.2, -0.15) is 17.5 Å². The molecule has 0 bridgehead atoms. The summed E-state index contributed by atoms with van der Waals surface area (Å²) in [5, 5.41) is 3.00. The third kappa shape index (κ3) is 3.97. The van der Waals surface area contributed by atoms with Crippen LogP contribution in [0.15, 0.2) is 53.4 Å². The molecule has 4 nitrogen and oxygen atoms in total. The molecule has 1 saturated heterocycles. The van der Waals surface area contributed by atoms with Crippen LogP contribution in [0.1, 0.15) is 12.0 Å². The van der Waals surface area contributed by atoms with Gasteiger partial charge in [-0.3, -0.25) is 0 Å². The van der Waals surface area contributed by atoms with Gasteiger partial charge in [-0.05, 0) is 36.8 Å². The lowest BCUT2D eigenvalue weighted by atomic mass is 10.2. The van der Waals surface area contributed by atoms with Crippen LogP contribution in [-0.4, -0.2) is 31.9 Å². The predicted octanol–water partition coefficient (Wildman–Crippen LogP) is 4.23. The van der Waals surface area contributed by atoms with E-state index in [4.69, 9.17) is 11.6 Å². The maximum Gasteiger partial charge on any atom is 0.416 e. The molecule has 3 rings (SSSR count). The minimum atomic E-state index is -4.64. The Morgan fingerprint density at radius 1 is 1.12 bits per heavy atom. The van der Waals surface area contributed by atoms with Crippen LogP contribution in [0, 0.1) is 0 Å². The third-order valence-electron chi connectivity index (χ3n) is 4.17. The topological polar surface area (TPSA) is 49.4 Å². The smallest absolute Gasteiger partial charge is 0.381 e. The number of alkyl halides is 3. The Bertz CT molecular complexity index is 889. The number of benzene rings is 2. The van der Waals surface area contributed by atoms with Crippen molar-refractivity contribution in [2.45, 2.75) is 23.5 Å². The molecule has 1 aliphatic rings. The van der Waals surface area contributed by atoms with Gasteiger partial charge in [0.2, 0.25) is 10.0 Å². The van der Waals surface area contributed by atoms with E-state index in [2.05, 4.69) is 5.32 Å². The maximum absolute atomic E-state index is 12.9. The van der Waals surface area contributed by atoms with E-state index in [9.17, 15) is 21.6 Å². The fourth-order valence-electron chi connectivity index (χ4n) is 2.85. The molecule has 2 aromatic rings. The molecule has 1 heterocycles. The SMILES string of the molecule is O=S(=O)(c1cc(C(F)(F)F)ccc1Cl)N1CCC(Nc2ccccc2)C1. The molecular weight excluding hydrogens is 389 g/mol. The van der Waals surface area contributed by atoms with Crippen LogP contribution in [0.4, 0.5) is 18.9 Å². The molecular formula is C17H16ClF3N2O2S. The number of nitrogens with zero attached hydrogens (tertiary/aromatic N) is 1. The van der Waals surface area contributed by atoms with Crippen molar-refractivity contribution in [1.29, 1.82) is 0 Å². The van der Waals surface area contributed by atoms with Crippen LogP contribution in [0.5, 0.6) is 0 Å². The van der Waals surface area contributed by atoms with E-state index in [0.717, 1.165) is 22.1 Å². The van der Waals surface area contributed by atoms with Crippen molar-refractivity contribution in [3.63, 3.8) is 0 Å². The Morgan fingerprint density at radius 3 is 2.46 bits per heavy atom. The summed E-state index contributed by atoms with van der Waals surface area (Å²) >= 11 is 5.89. The molecule has 2 aromatic carbocycles. The van der Waals surface area contributed by atoms with E-state index >= 15 is 0 Å². The first-order chi connectivity index (χ1) is 12.2. The van der Waals surface area contributed by atoms with Crippen LogP contribution in [0.2, 0.25) is 5.02 Å². The standard InChI is InChI=1S/C17H16ClF3N2O2S/c18-15-7-6-12(17(19,20)21)10-16(15)26(24,25)23-9-8-14(11-23)22-13-4-2-1-3-5-13/h1-7,10,14,22H,8-9,11H2. The van der Waals surface area contributed by atoms with E-state index in [1.54, 1.807) is 0 Å². The largest absolute Gasteiger partial charge is 0.416 e. The molecule has 1 atom stereocenters. The Kier molecular flexibility index (Phi) is 5.18. The van der Waals surface area contributed by atoms with Gasteiger partial charge in [-0.25, -0.2) is 8.42 Å². The number of rotatable bonds is 4. The Hall–Kier alpha value is -1.77. The van der Waals surface area contributed by atoms with Crippen molar-refractivity contribution in [2.24, 2.45) is 0 Å². The van der Waals surface area contributed by atoms with Crippen LogP contribution in [0.25, 0.3) is 0 Å². The average Bonchev–Trinajstić information content (AvgIpc) is 3.04. The molecule has 0 amide bonds. The highest BCUT2D eigenvalue weighted by Gasteiger charge is 2.37. The minimum Gasteiger partial charge on any atom is -0.381 e. The zero-order valence-corrected chi connectivity index (χ0v) is 15.1. The zero-order chi connectivity index (χ0) is 18.9. The van der Waals surface area contributed by atoms with Crippen LogP contribution in [-0.2, 0) is 16.2 Å². The Balaban J connectivity index is 1.81.